The predicted octanol–water partition coefficient (Wildman–Crippen LogP) is 3.71. The Morgan fingerprint density at radius 1 is 1.14 bits per heavy atom. The fraction of sp³-hybridized carbons (Fsp3) is 0.188. The maximum Gasteiger partial charge on any atom is 0.161 e. The van der Waals surface area contributed by atoms with Crippen molar-refractivity contribution in [3.05, 3.63) is 58.1 Å². The molecule has 0 aliphatic heterocycles. The predicted molar refractivity (Wildman–Crippen MR) is 87.1 cm³/mol. The maximum absolute atomic E-state index is 7.47. The SMILES string of the molecule is CCOc1cc(C(=N)N)ccc1OCc1ccccc1Br. The minimum Gasteiger partial charge on any atom is -0.490 e. The lowest BCUT2D eigenvalue weighted by Crippen LogP contribution is -2.11. The molecule has 0 aromatic heterocycles. The van der Waals surface area contributed by atoms with Crippen LogP contribution < -0.4 is 15.2 Å². The molecule has 0 bridgehead atoms. The Balaban J connectivity index is 2.19. The van der Waals surface area contributed by atoms with Crippen LogP contribution in [0.15, 0.2) is 46.9 Å². The highest BCUT2D eigenvalue weighted by molar-refractivity contribution is 9.10. The van der Waals surface area contributed by atoms with Crippen molar-refractivity contribution in [1.29, 1.82) is 5.41 Å². The summed E-state index contributed by atoms with van der Waals surface area (Å²) in [5.74, 6) is 1.24. The highest BCUT2D eigenvalue weighted by Crippen LogP contribution is 2.30. The molecule has 0 spiro atoms. The highest BCUT2D eigenvalue weighted by Gasteiger charge is 2.09. The topological polar surface area (TPSA) is 68.3 Å². The minimum absolute atomic E-state index is 0.00769. The molecular formula is C16H17BrN2O2. The molecule has 110 valence electrons. The number of benzene rings is 2. The van der Waals surface area contributed by atoms with Gasteiger partial charge in [0.05, 0.1) is 6.61 Å². The van der Waals surface area contributed by atoms with Gasteiger partial charge in [0, 0.05) is 15.6 Å². The number of nitrogens with one attached hydrogen (secondary N) is 1. The zero-order chi connectivity index (χ0) is 15.2. The van der Waals surface area contributed by atoms with E-state index in [2.05, 4.69) is 15.9 Å². The van der Waals surface area contributed by atoms with Crippen LogP contribution in [0.5, 0.6) is 11.5 Å². The number of halogens is 1. The number of amidine groups is 1. The average molecular weight is 349 g/mol. The molecule has 2 rings (SSSR count). The quantitative estimate of drug-likeness (QED) is 0.617. The summed E-state index contributed by atoms with van der Waals surface area (Å²) in [5, 5.41) is 7.47. The van der Waals surface area contributed by atoms with Crippen LogP contribution in [0.4, 0.5) is 0 Å². The van der Waals surface area contributed by atoms with Gasteiger partial charge >= 0.3 is 0 Å². The number of hydrogen-bond acceptors (Lipinski definition) is 3. The second-order valence-corrected chi connectivity index (χ2v) is 5.24. The van der Waals surface area contributed by atoms with E-state index in [0.29, 0.717) is 30.3 Å². The van der Waals surface area contributed by atoms with Gasteiger partial charge in [-0.05, 0) is 31.2 Å². The van der Waals surface area contributed by atoms with Gasteiger partial charge in [-0.3, -0.25) is 5.41 Å². The molecule has 0 amide bonds. The van der Waals surface area contributed by atoms with Crippen LogP contribution in [0.25, 0.3) is 0 Å². The van der Waals surface area contributed by atoms with E-state index in [-0.39, 0.29) is 5.84 Å². The van der Waals surface area contributed by atoms with E-state index in [0.717, 1.165) is 10.0 Å². The van der Waals surface area contributed by atoms with E-state index in [4.69, 9.17) is 20.6 Å². The third kappa shape index (κ3) is 3.98. The normalized spacial score (nSPS) is 10.2. The second-order valence-electron chi connectivity index (χ2n) is 4.39. The summed E-state index contributed by atoms with van der Waals surface area (Å²) in [7, 11) is 0. The summed E-state index contributed by atoms with van der Waals surface area (Å²) < 4.78 is 12.4. The number of hydrogen-bond donors (Lipinski definition) is 2. The third-order valence-corrected chi connectivity index (χ3v) is 3.67. The first-order valence-electron chi connectivity index (χ1n) is 6.59. The van der Waals surface area contributed by atoms with Crippen molar-refractivity contribution in [2.24, 2.45) is 5.73 Å². The molecule has 21 heavy (non-hydrogen) atoms. The van der Waals surface area contributed by atoms with E-state index in [9.17, 15) is 0 Å². The smallest absolute Gasteiger partial charge is 0.161 e. The molecule has 0 aliphatic carbocycles. The first-order chi connectivity index (χ1) is 10.1. The monoisotopic (exact) mass is 348 g/mol. The standard InChI is InChI=1S/C16H17BrN2O2/c1-2-20-15-9-11(16(18)19)7-8-14(15)21-10-12-5-3-4-6-13(12)17/h3-9H,2,10H2,1H3,(H3,18,19). The first-order valence-corrected chi connectivity index (χ1v) is 7.38. The highest BCUT2D eigenvalue weighted by atomic mass is 79.9. The Kier molecular flexibility index (Phi) is 5.22. The van der Waals surface area contributed by atoms with E-state index < -0.39 is 0 Å². The number of ether oxygens (including phenoxy) is 2. The Morgan fingerprint density at radius 3 is 2.57 bits per heavy atom. The Bertz CT molecular complexity index is 644. The zero-order valence-corrected chi connectivity index (χ0v) is 13.3. The van der Waals surface area contributed by atoms with Crippen molar-refractivity contribution >= 4 is 21.8 Å². The fourth-order valence-corrected chi connectivity index (χ4v) is 2.23. The van der Waals surface area contributed by atoms with Gasteiger partial charge in [-0.15, -0.1) is 0 Å². The molecule has 0 saturated carbocycles. The van der Waals surface area contributed by atoms with E-state index in [1.54, 1.807) is 18.2 Å². The average Bonchev–Trinajstić information content (AvgIpc) is 2.47. The van der Waals surface area contributed by atoms with Crippen LogP contribution in [0.2, 0.25) is 0 Å². The van der Waals surface area contributed by atoms with Crippen molar-refractivity contribution in [2.45, 2.75) is 13.5 Å². The molecule has 5 heteroatoms. The van der Waals surface area contributed by atoms with Gasteiger partial charge in [0.2, 0.25) is 0 Å². The number of rotatable bonds is 6. The molecule has 2 aromatic rings. The molecule has 3 N–H and O–H groups in total. The van der Waals surface area contributed by atoms with Crippen LogP contribution >= 0.6 is 15.9 Å². The van der Waals surface area contributed by atoms with Crippen molar-refractivity contribution in [1.82, 2.24) is 0 Å². The van der Waals surface area contributed by atoms with Gasteiger partial charge in [0.1, 0.15) is 12.4 Å². The molecule has 0 fully saturated rings. The molecule has 0 unspecified atom stereocenters. The summed E-state index contributed by atoms with van der Waals surface area (Å²) in [6, 6.07) is 13.1. The van der Waals surface area contributed by atoms with E-state index in [1.165, 1.54) is 0 Å². The Morgan fingerprint density at radius 2 is 1.90 bits per heavy atom. The van der Waals surface area contributed by atoms with Crippen LogP contribution in [0.1, 0.15) is 18.1 Å². The molecule has 4 nitrogen and oxygen atoms in total. The van der Waals surface area contributed by atoms with Gasteiger partial charge in [0.15, 0.2) is 11.5 Å². The lowest BCUT2D eigenvalue weighted by atomic mass is 10.2. The third-order valence-electron chi connectivity index (χ3n) is 2.90. The number of nitrogens with two attached hydrogens (primary N) is 1. The zero-order valence-electron chi connectivity index (χ0n) is 11.7. The van der Waals surface area contributed by atoms with Gasteiger partial charge in [0.25, 0.3) is 0 Å². The lowest BCUT2D eigenvalue weighted by molar-refractivity contribution is 0.269. The van der Waals surface area contributed by atoms with E-state index in [1.807, 2.05) is 31.2 Å². The van der Waals surface area contributed by atoms with Crippen molar-refractivity contribution in [3.8, 4) is 11.5 Å². The second kappa shape index (κ2) is 7.13. The Labute approximate surface area is 132 Å². The van der Waals surface area contributed by atoms with Crippen LogP contribution in [-0.4, -0.2) is 12.4 Å². The van der Waals surface area contributed by atoms with Gasteiger partial charge in [-0.2, -0.15) is 0 Å². The lowest BCUT2D eigenvalue weighted by Gasteiger charge is -2.13. The maximum atomic E-state index is 7.47. The summed E-state index contributed by atoms with van der Waals surface area (Å²) in [6.45, 7) is 2.85. The summed E-state index contributed by atoms with van der Waals surface area (Å²) >= 11 is 3.49. The molecule has 0 radical (unpaired) electrons. The van der Waals surface area contributed by atoms with Crippen molar-refractivity contribution in [3.63, 3.8) is 0 Å². The van der Waals surface area contributed by atoms with Crippen LogP contribution in [0, 0.1) is 5.41 Å². The van der Waals surface area contributed by atoms with Gasteiger partial charge in [-0.1, -0.05) is 34.1 Å². The summed E-state index contributed by atoms with van der Waals surface area (Å²) in [4.78, 5) is 0. The first kappa shape index (κ1) is 15.4. The molecule has 2 aromatic carbocycles. The van der Waals surface area contributed by atoms with Gasteiger partial charge < -0.3 is 15.2 Å². The molecule has 0 saturated heterocycles. The van der Waals surface area contributed by atoms with Crippen LogP contribution in [-0.2, 0) is 6.61 Å². The van der Waals surface area contributed by atoms with Gasteiger partial charge in [-0.25, -0.2) is 0 Å². The van der Waals surface area contributed by atoms with Crippen molar-refractivity contribution < 1.29 is 9.47 Å². The van der Waals surface area contributed by atoms with E-state index >= 15 is 0 Å². The largest absolute Gasteiger partial charge is 0.490 e. The fourth-order valence-electron chi connectivity index (χ4n) is 1.83. The van der Waals surface area contributed by atoms with Crippen LogP contribution in [0.3, 0.4) is 0 Å². The Hall–Kier alpha value is -2.01. The summed E-state index contributed by atoms with van der Waals surface area (Å²) in [6.07, 6.45) is 0. The minimum atomic E-state index is 0.00769. The summed E-state index contributed by atoms with van der Waals surface area (Å²) in [5.41, 5.74) is 7.16. The molecule has 0 heterocycles. The molecular weight excluding hydrogens is 332 g/mol. The molecule has 0 aliphatic rings. The van der Waals surface area contributed by atoms with Crippen molar-refractivity contribution in [2.75, 3.05) is 6.61 Å². The number of nitrogen functional groups attached to an aromatic ring is 1. The molecule has 0 atom stereocenters.